The molecule has 2 aliphatic rings. The van der Waals surface area contributed by atoms with E-state index in [1.807, 2.05) is 25.8 Å². The summed E-state index contributed by atoms with van der Waals surface area (Å²) in [5.41, 5.74) is 8.29. The molecule has 0 aromatic heterocycles. The Balaban J connectivity index is 1.77. The first-order valence-electron chi connectivity index (χ1n) is 6.33. The maximum absolute atomic E-state index is 11.6. The van der Waals surface area contributed by atoms with Crippen molar-refractivity contribution < 1.29 is 9.53 Å². The number of ether oxygens (including phenoxy) is 1. The van der Waals surface area contributed by atoms with Crippen molar-refractivity contribution in [2.75, 3.05) is 13.1 Å². The molecule has 0 aromatic carbocycles. The lowest BCUT2D eigenvalue weighted by Gasteiger charge is -2.23. The average Bonchev–Trinajstić information content (AvgIpc) is 2.56. The number of hydrogen-bond donors (Lipinski definition) is 2. The van der Waals surface area contributed by atoms with Gasteiger partial charge in [-0.3, -0.25) is 5.43 Å². The quantitative estimate of drug-likeness (QED) is 0.721. The zero-order chi connectivity index (χ0) is 12.6. The van der Waals surface area contributed by atoms with E-state index in [1.165, 1.54) is 0 Å². The normalized spacial score (nSPS) is 33.5. The van der Waals surface area contributed by atoms with Crippen LogP contribution in [0.4, 0.5) is 4.79 Å². The Bertz CT molecular complexity index is 287. The summed E-state index contributed by atoms with van der Waals surface area (Å²) in [4.78, 5) is 11.6. The van der Waals surface area contributed by atoms with Crippen LogP contribution in [0.1, 0.15) is 33.6 Å². The van der Waals surface area contributed by atoms with E-state index in [-0.39, 0.29) is 6.09 Å². The molecule has 3 atom stereocenters. The number of hydrazine groups is 1. The molecule has 17 heavy (non-hydrogen) atoms. The summed E-state index contributed by atoms with van der Waals surface area (Å²) in [6.07, 6.45) is 1.80. The van der Waals surface area contributed by atoms with Gasteiger partial charge in [0, 0.05) is 19.1 Å². The highest BCUT2D eigenvalue weighted by molar-refractivity contribution is 5.67. The van der Waals surface area contributed by atoms with Crippen molar-refractivity contribution in [1.29, 1.82) is 0 Å². The summed E-state index contributed by atoms with van der Waals surface area (Å²) >= 11 is 0. The predicted molar refractivity (Wildman–Crippen MR) is 65.1 cm³/mol. The van der Waals surface area contributed by atoms with Gasteiger partial charge in [-0.2, -0.15) is 0 Å². The van der Waals surface area contributed by atoms with Crippen LogP contribution < -0.4 is 11.2 Å². The van der Waals surface area contributed by atoms with Crippen LogP contribution in [-0.4, -0.2) is 35.8 Å². The molecule has 1 aliphatic heterocycles. The molecule has 3 N–H and O–H groups in total. The molecule has 2 rings (SSSR count). The Morgan fingerprint density at radius 2 is 1.82 bits per heavy atom. The van der Waals surface area contributed by atoms with E-state index < -0.39 is 5.60 Å². The van der Waals surface area contributed by atoms with Crippen molar-refractivity contribution in [1.82, 2.24) is 10.4 Å². The second kappa shape index (κ2) is 4.46. The number of nitrogens with zero attached hydrogens (tertiary/aromatic N) is 1. The van der Waals surface area contributed by atoms with Crippen LogP contribution in [-0.2, 0) is 4.74 Å². The fourth-order valence-corrected chi connectivity index (χ4v) is 2.87. The van der Waals surface area contributed by atoms with Gasteiger partial charge in [0.1, 0.15) is 5.60 Å². The van der Waals surface area contributed by atoms with Gasteiger partial charge in [-0.1, -0.05) is 0 Å². The SMILES string of the molecule is CC(C)(C)OC(=O)NN1C[C@H]2CC(N)C[C@H]2C1. The van der Waals surface area contributed by atoms with Crippen LogP contribution >= 0.6 is 0 Å². The molecule has 5 heteroatoms. The fraction of sp³-hybridized carbons (Fsp3) is 0.917. The highest BCUT2D eigenvalue weighted by Gasteiger charge is 2.40. The number of amides is 1. The van der Waals surface area contributed by atoms with Gasteiger partial charge >= 0.3 is 6.09 Å². The molecule has 0 bridgehead atoms. The van der Waals surface area contributed by atoms with Crippen LogP contribution in [0.15, 0.2) is 0 Å². The number of fused-ring (bicyclic) bond motifs is 1. The number of carbonyl (C=O) groups excluding carboxylic acids is 1. The third kappa shape index (κ3) is 3.33. The summed E-state index contributed by atoms with van der Waals surface area (Å²) in [5, 5.41) is 1.97. The van der Waals surface area contributed by atoms with Gasteiger partial charge in [0.25, 0.3) is 0 Å². The van der Waals surface area contributed by atoms with Crippen LogP contribution in [0.2, 0.25) is 0 Å². The van der Waals surface area contributed by atoms with Crippen molar-refractivity contribution in [2.24, 2.45) is 17.6 Å². The average molecular weight is 241 g/mol. The molecule has 2 fully saturated rings. The molecule has 1 unspecified atom stereocenters. The van der Waals surface area contributed by atoms with Gasteiger partial charge in [0.2, 0.25) is 0 Å². The number of nitrogens with one attached hydrogen (secondary N) is 1. The molecule has 0 aromatic rings. The molecule has 1 amide bonds. The standard InChI is InChI=1S/C12H23N3O2/c1-12(2,3)17-11(16)14-15-6-8-4-10(13)5-9(8)7-15/h8-10H,4-7,13H2,1-3H3,(H,14,16)/t8-,9+,10?. The summed E-state index contributed by atoms with van der Waals surface area (Å²) in [5.74, 6) is 1.28. The van der Waals surface area contributed by atoms with E-state index in [0.29, 0.717) is 17.9 Å². The Morgan fingerprint density at radius 3 is 2.29 bits per heavy atom. The van der Waals surface area contributed by atoms with Gasteiger partial charge in [0.15, 0.2) is 0 Å². The second-order valence-corrected chi connectivity index (χ2v) is 6.27. The van der Waals surface area contributed by atoms with Crippen LogP contribution in [0.25, 0.3) is 0 Å². The van der Waals surface area contributed by atoms with E-state index in [0.717, 1.165) is 25.9 Å². The minimum absolute atomic E-state index is 0.355. The molecular formula is C12H23N3O2. The summed E-state index contributed by atoms with van der Waals surface area (Å²) in [6, 6.07) is 0.355. The Hall–Kier alpha value is -0.810. The van der Waals surface area contributed by atoms with Crippen LogP contribution in [0.3, 0.4) is 0 Å². The van der Waals surface area contributed by atoms with E-state index in [2.05, 4.69) is 5.43 Å². The summed E-state index contributed by atoms with van der Waals surface area (Å²) < 4.78 is 5.23. The number of carbonyl (C=O) groups is 1. The Kier molecular flexibility index (Phi) is 3.32. The lowest BCUT2D eigenvalue weighted by atomic mass is 10.0. The number of hydrogen-bond acceptors (Lipinski definition) is 4. The summed E-state index contributed by atoms with van der Waals surface area (Å²) in [6.45, 7) is 7.40. The van der Waals surface area contributed by atoms with E-state index in [9.17, 15) is 4.79 Å². The zero-order valence-electron chi connectivity index (χ0n) is 10.9. The molecule has 1 saturated heterocycles. The first-order chi connectivity index (χ1) is 7.83. The van der Waals surface area contributed by atoms with E-state index in [1.54, 1.807) is 0 Å². The molecule has 5 nitrogen and oxygen atoms in total. The van der Waals surface area contributed by atoms with Crippen molar-refractivity contribution >= 4 is 6.09 Å². The first-order valence-corrected chi connectivity index (χ1v) is 6.33. The topological polar surface area (TPSA) is 67.6 Å². The lowest BCUT2D eigenvalue weighted by Crippen LogP contribution is -2.44. The monoisotopic (exact) mass is 241 g/mol. The maximum atomic E-state index is 11.6. The number of nitrogens with two attached hydrogens (primary N) is 1. The van der Waals surface area contributed by atoms with Gasteiger partial charge in [-0.05, 0) is 45.4 Å². The molecule has 1 saturated carbocycles. The summed E-state index contributed by atoms with van der Waals surface area (Å²) in [7, 11) is 0. The van der Waals surface area contributed by atoms with E-state index in [4.69, 9.17) is 10.5 Å². The van der Waals surface area contributed by atoms with E-state index >= 15 is 0 Å². The van der Waals surface area contributed by atoms with Crippen molar-refractivity contribution in [2.45, 2.75) is 45.3 Å². The zero-order valence-corrected chi connectivity index (χ0v) is 10.9. The van der Waals surface area contributed by atoms with Crippen LogP contribution in [0.5, 0.6) is 0 Å². The maximum Gasteiger partial charge on any atom is 0.422 e. The van der Waals surface area contributed by atoms with Crippen molar-refractivity contribution in [3.63, 3.8) is 0 Å². The van der Waals surface area contributed by atoms with Gasteiger partial charge in [-0.15, -0.1) is 0 Å². The molecule has 98 valence electrons. The van der Waals surface area contributed by atoms with Gasteiger partial charge in [-0.25, -0.2) is 9.80 Å². The third-order valence-electron chi connectivity index (χ3n) is 3.44. The fourth-order valence-electron chi connectivity index (χ4n) is 2.87. The minimum atomic E-state index is -0.442. The first kappa shape index (κ1) is 12.6. The molecule has 1 aliphatic carbocycles. The Labute approximate surface area is 103 Å². The van der Waals surface area contributed by atoms with Gasteiger partial charge in [0.05, 0.1) is 0 Å². The largest absolute Gasteiger partial charge is 0.443 e. The Morgan fingerprint density at radius 1 is 1.29 bits per heavy atom. The highest BCUT2D eigenvalue weighted by atomic mass is 16.6. The van der Waals surface area contributed by atoms with Gasteiger partial charge < -0.3 is 10.5 Å². The minimum Gasteiger partial charge on any atom is -0.443 e. The predicted octanol–water partition coefficient (Wildman–Crippen LogP) is 1.10. The highest BCUT2D eigenvalue weighted by Crippen LogP contribution is 2.36. The molecular weight excluding hydrogens is 218 g/mol. The molecule has 0 radical (unpaired) electrons. The van der Waals surface area contributed by atoms with Crippen molar-refractivity contribution in [3.05, 3.63) is 0 Å². The second-order valence-electron chi connectivity index (χ2n) is 6.27. The smallest absolute Gasteiger partial charge is 0.422 e. The van der Waals surface area contributed by atoms with Crippen LogP contribution in [0, 0.1) is 11.8 Å². The molecule has 0 spiro atoms. The van der Waals surface area contributed by atoms with Crippen molar-refractivity contribution in [3.8, 4) is 0 Å². The number of rotatable bonds is 1. The third-order valence-corrected chi connectivity index (χ3v) is 3.44. The molecule has 1 heterocycles. The lowest BCUT2D eigenvalue weighted by molar-refractivity contribution is 0.0354.